The summed E-state index contributed by atoms with van der Waals surface area (Å²) in [6.07, 6.45) is 6.13. The highest BCUT2D eigenvalue weighted by atomic mass is 35.5. The van der Waals surface area contributed by atoms with Crippen LogP contribution in [0.15, 0.2) is 42.7 Å². The van der Waals surface area contributed by atoms with Gasteiger partial charge < -0.3 is 5.32 Å². The summed E-state index contributed by atoms with van der Waals surface area (Å²) in [6, 6.07) is 10.6. The average Bonchev–Trinajstić information content (AvgIpc) is 3.23. The molecule has 0 aliphatic heterocycles. The van der Waals surface area contributed by atoms with Gasteiger partial charge in [-0.3, -0.25) is 4.98 Å². The van der Waals surface area contributed by atoms with Crippen molar-refractivity contribution < 1.29 is 0 Å². The van der Waals surface area contributed by atoms with Crippen LogP contribution in [0.3, 0.4) is 0 Å². The molecule has 2 nitrogen and oxygen atoms in total. The Morgan fingerprint density at radius 1 is 1.28 bits per heavy atom. The molecule has 1 N–H and O–H groups in total. The highest BCUT2D eigenvalue weighted by Gasteiger charge is 2.23. The van der Waals surface area contributed by atoms with Crippen LogP contribution in [0.4, 0.5) is 5.69 Å². The third-order valence-electron chi connectivity index (χ3n) is 3.25. The summed E-state index contributed by atoms with van der Waals surface area (Å²) in [5.74, 6) is 0.798. The summed E-state index contributed by atoms with van der Waals surface area (Å²) in [5.41, 5.74) is 3.64. The summed E-state index contributed by atoms with van der Waals surface area (Å²) < 4.78 is 0. The number of nitrogens with zero attached hydrogens (tertiary/aromatic N) is 1. The van der Waals surface area contributed by atoms with Gasteiger partial charge in [-0.2, -0.15) is 0 Å². The summed E-state index contributed by atoms with van der Waals surface area (Å²) in [4.78, 5) is 4.07. The predicted molar refractivity (Wildman–Crippen MR) is 75.0 cm³/mol. The molecule has 0 saturated heterocycles. The predicted octanol–water partition coefficient (Wildman–Crippen LogP) is 4.22. The van der Waals surface area contributed by atoms with E-state index in [-0.39, 0.29) is 0 Å². The van der Waals surface area contributed by atoms with Crippen molar-refractivity contribution in [3.8, 4) is 0 Å². The van der Waals surface area contributed by atoms with Crippen molar-refractivity contribution in [2.24, 2.45) is 0 Å². The first-order valence-corrected chi connectivity index (χ1v) is 6.63. The van der Waals surface area contributed by atoms with Gasteiger partial charge in [-0.15, -0.1) is 0 Å². The van der Waals surface area contributed by atoms with Crippen molar-refractivity contribution >= 4 is 17.3 Å². The lowest BCUT2D eigenvalue weighted by Crippen LogP contribution is -2.00. The van der Waals surface area contributed by atoms with Gasteiger partial charge in [-0.05, 0) is 36.0 Å². The third kappa shape index (κ3) is 2.65. The highest BCUT2D eigenvalue weighted by Crippen LogP contribution is 2.40. The second kappa shape index (κ2) is 4.99. The Labute approximate surface area is 112 Å². The molecule has 1 aromatic heterocycles. The summed E-state index contributed by atoms with van der Waals surface area (Å²) in [7, 11) is 0. The van der Waals surface area contributed by atoms with Crippen molar-refractivity contribution in [2.75, 3.05) is 5.32 Å². The van der Waals surface area contributed by atoms with E-state index >= 15 is 0 Å². The van der Waals surface area contributed by atoms with Crippen LogP contribution in [0.25, 0.3) is 0 Å². The molecule has 2 aromatic rings. The van der Waals surface area contributed by atoms with E-state index in [1.807, 2.05) is 0 Å². The monoisotopic (exact) mass is 258 g/mol. The number of pyridine rings is 1. The number of anilines is 1. The van der Waals surface area contributed by atoms with Gasteiger partial charge in [-0.1, -0.05) is 35.9 Å². The maximum Gasteiger partial charge on any atom is 0.0718 e. The number of benzene rings is 1. The first-order chi connectivity index (χ1) is 8.83. The second-order valence-electron chi connectivity index (χ2n) is 4.73. The summed E-state index contributed by atoms with van der Waals surface area (Å²) in [6.45, 7) is 0.784. The third-order valence-corrected chi connectivity index (χ3v) is 3.58. The van der Waals surface area contributed by atoms with Crippen molar-refractivity contribution in [2.45, 2.75) is 25.3 Å². The van der Waals surface area contributed by atoms with Gasteiger partial charge in [0.15, 0.2) is 0 Å². The molecule has 3 heteroatoms. The van der Waals surface area contributed by atoms with Crippen LogP contribution < -0.4 is 5.32 Å². The van der Waals surface area contributed by atoms with Gasteiger partial charge in [0.1, 0.15) is 0 Å². The first kappa shape index (κ1) is 11.5. The molecule has 0 amide bonds. The fourth-order valence-electron chi connectivity index (χ4n) is 2.08. The Morgan fingerprint density at radius 3 is 2.94 bits per heavy atom. The lowest BCUT2D eigenvalue weighted by Gasteiger charge is -2.08. The van der Waals surface area contributed by atoms with Crippen LogP contribution in [0.5, 0.6) is 0 Å². The van der Waals surface area contributed by atoms with Crippen LogP contribution in [0.1, 0.15) is 29.9 Å². The Hall–Kier alpha value is -1.54. The minimum atomic E-state index is 0.711. The Balaban J connectivity index is 1.69. The largest absolute Gasteiger partial charge is 0.379 e. The van der Waals surface area contributed by atoms with Crippen LogP contribution in [-0.4, -0.2) is 4.98 Å². The van der Waals surface area contributed by atoms with Crippen LogP contribution in [0.2, 0.25) is 5.02 Å². The molecular formula is C15H15ClN2. The van der Waals surface area contributed by atoms with E-state index in [0.29, 0.717) is 5.02 Å². The molecule has 0 unspecified atom stereocenters. The minimum absolute atomic E-state index is 0.711. The molecule has 92 valence electrons. The SMILES string of the molecule is Clc1ccncc1NCc1cccc(C2CC2)c1. The highest BCUT2D eigenvalue weighted by molar-refractivity contribution is 6.33. The number of rotatable bonds is 4. The molecule has 1 aromatic carbocycles. The normalized spacial score (nSPS) is 14.5. The molecule has 0 spiro atoms. The van der Waals surface area contributed by atoms with E-state index in [1.54, 1.807) is 18.5 Å². The zero-order valence-electron chi connectivity index (χ0n) is 10.1. The number of hydrogen-bond donors (Lipinski definition) is 1. The lowest BCUT2D eigenvalue weighted by atomic mass is 10.1. The summed E-state index contributed by atoms with van der Waals surface area (Å²) in [5, 5.41) is 4.03. The van der Waals surface area contributed by atoms with Crippen LogP contribution in [-0.2, 0) is 6.54 Å². The van der Waals surface area contributed by atoms with Crippen molar-refractivity contribution in [3.63, 3.8) is 0 Å². The Morgan fingerprint density at radius 2 is 2.17 bits per heavy atom. The molecule has 0 atom stereocenters. The van der Waals surface area contributed by atoms with Crippen LogP contribution in [0, 0.1) is 0 Å². The van der Waals surface area contributed by atoms with E-state index < -0.39 is 0 Å². The van der Waals surface area contributed by atoms with Gasteiger partial charge in [0.05, 0.1) is 16.9 Å². The fourth-order valence-corrected chi connectivity index (χ4v) is 2.25. The van der Waals surface area contributed by atoms with E-state index in [0.717, 1.165) is 18.2 Å². The van der Waals surface area contributed by atoms with Gasteiger partial charge in [-0.25, -0.2) is 0 Å². The molecule has 1 heterocycles. The van der Waals surface area contributed by atoms with Gasteiger partial charge in [0, 0.05) is 12.7 Å². The van der Waals surface area contributed by atoms with E-state index in [9.17, 15) is 0 Å². The molecule has 1 fully saturated rings. The van der Waals surface area contributed by atoms with E-state index in [4.69, 9.17) is 11.6 Å². The first-order valence-electron chi connectivity index (χ1n) is 6.25. The zero-order valence-corrected chi connectivity index (χ0v) is 10.8. The Kier molecular flexibility index (Phi) is 3.20. The average molecular weight is 259 g/mol. The number of halogens is 1. The van der Waals surface area contributed by atoms with E-state index in [1.165, 1.54) is 24.0 Å². The standard InChI is InChI=1S/C15H15ClN2/c16-14-6-7-17-10-15(14)18-9-11-2-1-3-13(8-11)12-4-5-12/h1-3,6-8,10,12,18H,4-5,9H2. The van der Waals surface area contributed by atoms with Gasteiger partial charge >= 0.3 is 0 Å². The lowest BCUT2D eigenvalue weighted by molar-refractivity contribution is 1.08. The second-order valence-corrected chi connectivity index (χ2v) is 5.14. The van der Waals surface area contributed by atoms with Gasteiger partial charge in [0.2, 0.25) is 0 Å². The minimum Gasteiger partial charge on any atom is -0.379 e. The molecule has 1 aliphatic rings. The smallest absolute Gasteiger partial charge is 0.0718 e. The zero-order chi connectivity index (χ0) is 12.4. The molecule has 3 rings (SSSR count). The number of nitrogens with one attached hydrogen (secondary N) is 1. The molecule has 0 bridgehead atoms. The molecule has 1 aliphatic carbocycles. The Bertz CT molecular complexity index is 550. The van der Waals surface area contributed by atoms with Crippen molar-refractivity contribution in [3.05, 3.63) is 58.9 Å². The molecule has 0 radical (unpaired) electrons. The number of aromatic nitrogens is 1. The summed E-state index contributed by atoms with van der Waals surface area (Å²) >= 11 is 6.08. The van der Waals surface area contributed by atoms with Crippen molar-refractivity contribution in [1.29, 1.82) is 0 Å². The topological polar surface area (TPSA) is 24.9 Å². The van der Waals surface area contributed by atoms with Crippen LogP contribution >= 0.6 is 11.6 Å². The quantitative estimate of drug-likeness (QED) is 0.888. The van der Waals surface area contributed by atoms with E-state index in [2.05, 4.69) is 34.6 Å². The fraction of sp³-hybridized carbons (Fsp3) is 0.267. The number of hydrogen-bond acceptors (Lipinski definition) is 2. The van der Waals surface area contributed by atoms with Crippen molar-refractivity contribution in [1.82, 2.24) is 4.98 Å². The molecule has 18 heavy (non-hydrogen) atoms. The maximum absolute atomic E-state index is 6.08. The van der Waals surface area contributed by atoms with Gasteiger partial charge in [0.25, 0.3) is 0 Å². The molecule has 1 saturated carbocycles. The molecular weight excluding hydrogens is 244 g/mol. The maximum atomic E-state index is 6.08.